The molecule has 1 spiro atoms. The molecule has 3 nitrogen and oxygen atoms in total. The highest BCUT2D eigenvalue weighted by molar-refractivity contribution is 5.85. The third kappa shape index (κ3) is 2.29. The number of carbonyl (C=O) groups excluding carboxylic acids is 1. The van der Waals surface area contributed by atoms with E-state index in [0.29, 0.717) is 5.91 Å². The molecule has 3 heteroatoms. The monoisotopic (exact) mass is 250 g/mol. The molecule has 3 aliphatic rings. The van der Waals surface area contributed by atoms with Crippen LogP contribution >= 0.6 is 0 Å². The van der Waals surface area contributed by atoms with E-state index < -0.39 is 0 Å². The summed E-state index contributed by atoms with van der Waals surface area (Å²) in [6.07, 6.45) is 10.2. The van der Waals surface area contributed by atoms with Crippen molar-refractivity contribution >= 4 is 5.91 Å². The maximum absolute atomic E-state index is 12.6. The molecule has 0 aromatic rings. The van der Waals surface area contributed by atoms with Crippen LogP contribution in [0.25, 0.3) is 0 Å². The molecule has 1 saturated carbocycles. The summed E-state index contributed by atoms with van der Waals surface area (Å²) in [7, 11) is 0. The fraction of sp³-hybridized carbons (Fsp3) is 0.933. The highest BCUT2D eigenvalue weighted by Gasteiger charge is 2.47. The van der Waals surface area contributed by atoms with Crippen molar-refractivity contribution in [1.29, 1.82) is 0 Å². The minimum Gasteiger partial charge on any atom is -0.342 e. The van der Waals surface area contributed by atoms with Crippen molar-refractivity contribution in [3.63, 3.8) is 0 Å². The highest BCUT2D eigenvalue weighted by Crippen LogP contribution is 2.38. The summed E-state index contributed by atoms with van der Waals surface area (Å²) in [6.45, 7) is 4.07. The first-order valence-electron chi connectivity index (χ1n) is 7.80. The first-order valence-corrected chi connectivity index (χ1v) is 7.80. The summed E-state index contributed by atoms with van der Waals surface area (Å²) in [5, 5.41) is 3.42. The average molecular weight is 250 g/mol. The molecule has 0 aromatic carbocycles. The molecule has 3 rings (SSSR count). The molecule has 1 amide bonds. The van der Waals surface area contributed by atoms with Gasteiger partial charge >= 0.3 is 0 Å². The Hall–Kier alpha value is -0.570. The molecule has 102 valence electrons. The number of nitrogens with zero attached hydrogens (tertiary/aromatic N) is 1. The zero-order valence-corrected chi connectivity index (χ0v) is 11.4. The van der Waals surface area contributed by atoms with E-state index in [1.165, 1.54) is 38.5 Å². The first-order chi connectivity index (χ1) is 8.80. The van der Waals surface area contributed by atoms with Crippen LogP contribution in [0.2, 0.25) is 0 Å². The third-order valence-corrected chi connectivity index (χ3v) is 5.28. The largest absolute Gasteiger partial charge is 0.342 e. The van der Waals surface area contributed by atoms with Crippen LogP contribution in [-0.4, -0.2) is 37.0 Å². The summed E-state index contributed by atoms with van der Waals surface area (Å²) >= 11 is 0. The van der Waals surface area contributed by atoms with E-state index in [-0.39, 0.29) is 5.41 Å². The lowest BCUT2D eigenvalue weighted by molar-refractivity contribution is -0.137. The topological polar surface area (TPSA) is 32.3 Å². The van der Waals surface area contributed by atoms with Gasteiger partial charge in [-0.25, -0.2) is 0 Å². The fourth-order valence-corrected chi connectivity index (χ4v) is 4.11. The van der Waals surface area contributed by atoms with Crippen LogP contribution in [0.5, 0.6) is 0 Å². The fourth-order valence-electron chi connectivity index (χ4n) is 4.11. The van der Waals surface area contributed by atoms with Gasteiger partial charge in [0.05, 0.1) is 5.41 Å². The molecule has 2 saturated heterocycles. The maximum atomic E-state index is 12.6. The van der Waals surface area contributed by atoms with E-state index >= 15 is 0 Å². The lowest BCUT2D eigenvalue weighted by Gasteiger charge is -2.33. The predicted molar refractivity (Wildman–Crippen MR) is 72.3 cm³/mol. The molecular weight excluding hydrogens is 224 g/mol. The van der Waals surface area contributed by atoms with Gasteiger partial charge in [-0.05, 0) is 44.6 Å². The second-order valence-electron chi connectivity index (χ2n) is 6.57. The standard InChI is InChI=1S/C15H26N2O/c18-14-15(7-4-9-16-12-15)8-10-17(14)11-13-5-2-1-3-6-13/h13,16H,1-12H2. The van der Waals surface area contributed by atoms with Crippen molar-refractivity contribution in [3.05, 3.63) is 0 Å². The first kappa shape index (κ1) is 12.5. The molecule has 3 fully saturated rings. The van der Waals surface area contributed by atoms with Gasteiger partial charge in [-0.1, -0.05) is 19.3 Å². The van der Waals surface area contributed by atoms with Crippen LogP contribution in [0.4, 0.5) is 0 Å². The highest BCUT2D eigenvalue weighted by atomic mass is 16.2. The van der Waals surface area contributed by atoms with E-state index in [9.17, 15) is 4.79 Å². The van der Waals surface area contributed by atoms with Gasteiger partial charge in [0, 0.05) is 19.6 Å². The van der Waals surface area contributed by atoms with Gasteiger partial charge in [0.2, 0.25) is 5.91 Å². The molecule has 1 atom stereocenters. The van der Waals surface area contributed by atoms with Crippen molar-refractivity contribution in [1.82, 2.24) is 10.2 Å². The zero-order chi connectivity index (χ0) is 12.4. The molecule has 18 heavy (non-hydrogen) atoms. The minimum absolute atomic E-state index is 0.0209. The number of piperidine rings is 1. The van der Waals surface area contributed by atoms with E-state index in [4.69, 9.17) is 0 Å². The van der Waals surface area contributed by atoms with Crippen LogP contribution in [0.3, 0.4) is 0 Å². The lowest BCUT2D eigenvalue weighted by Crippen LogP contribution is -2.46. The summed E-state index contributed by atoms with van der Waals surface area (Å²) in [5.41, 5.74) is -0.0209. The maximum Gasteiger partial charge on any atom is 0.230 e. The molecule has 2 heterocycles. The van der Waals surface area contributed by atoms with Crippen molar-refractivity contribution in [2.24, 2.45) is 11.3 Å². The Balaban J connectivity index is 1.59. The molecule has 2 aliphatic heterocycles. The van der Waals surface area contributed by atoms with Gasteiger partial charge in [0.1, 0.15) is 0 Å². The van der Waals surface area contributed by atoms with Crippen molar-refractivity contribution < 1.29 is 4.79 Å². The van der Waals surface area contributed by atoms with Gasteiger partial charge in [0.15, 0.2) is 0 Å². The Labute approximate surface area is 110 Å². The average Bonchev–Trinajstić information content (AvgIpc) is 2.71. The van der Waals surface area contributed by atoms with Gasteiger partial charge < -0.3 is 10.2 Å². The SMILES string of the molecule is O=C1N(CC2CCCCC2)CCC12CCCNC2. The van der Waals surface area contributed by atoms with Crippen molar-refractivity contribution in [3.8, 4) is 0 Å². The van der Waals surface area contributed by atoms with Crippen LogP contribution in [0.1, 0.15) is 51.4 Å². The third-order valence-electron chi connectivity index (χ3n) is 5.28. The van der Waals surface area contributed by atoms with E-state index in [0.717, 1.165) is 44.9 Å². The van der Waals surface area contributed by atoms with Gasteiger partial charge in [-0.15, -0.1) is 0 Å². The van der Waals surface area contributed by atoms with Gasteiger partial charge in [0.25, 0.3) is 0 Å². The molecule has 0 aromatic heterocycles. The molecule has 1 unspecified atom stereocenters. The molecule has 0 radical (unpaired) electrons. The Morgan fingerprint density at radius 2 is 2.00 bits per heavy atom. The van der Waals surface area contributed by atoms with Crippen molar-refractivity contribution in [2.45, 2.75) is 51.4 Å². The Morgan fingerprint density at radius 3 is 2.72 bits per heavy atom. The van der Waals surface area contributed by atoms with Gasteiger partial charge in [-0.3, -0.25) is 4.79 Å². The normalized spacial score (nSPS) is 34.4. The van der Waals surface area contributed by atoms with E-state index in [1.54, 1.807) is 0 Å². The van der Waals surface area contributed by atoms with Crippen molar-refractivity contribution in [2.75, 3.05) is 26.2 Å². The smallest absolute Gasteiger partial charge is 0.230 e. The molecular formula is C15H26N2O. The van der Waals surface area contributed by atoms with Gasteiger partial charge in [-0.2, -0.15) is 0 Å². The summed E-state index contributed by atoms with van der Waals surface area (Å²) < 4.78 is 0. The summed E-state index contributed by atoms with van der Waals surface area (Å²) in [6, 6.07) is 0. The van der Waals surface area contributed by atoms with E-state index in [1.807, 2.05) is 0 Å². The number of nitrogens with one attached hydrogen (secondary N) is 1. The summed E-state index contributed by atoms with van der Waals surface area (Å²) in [4.78, 5) is 14.8. The Kier molecular flexibility index (Phi) is 3.60. The number of amides is 1. The lowest BCUT2D eigenvalue weighted by atomic mass is 9.79. The minimum atomic E-state index is -0.0209. The van der Waals surface area contributed by atoms with Crippen LogP contribution in [0, 0.1) is 11.3 Å². The Morgan fingerprint density at radius 1 is 1.17 bits per heavy atom. The number of hydrogen-bond donors (Lipinski definition) is 1. The molecule has 1 aliphatic carbocycles. The Bertz CT molecular complexity index is 304. The second kappa shape index (κ2) is 5.20. The number of carbonyl (C=O) groups is 1. The van der Waals surface area contributed by atoms with E-state index in [2.05, 4.69) is 10.2 Å². The molecule has 0 bridgehead atoms. The number of rotatable bonds is 2. The molecule has 1 N–H and O–H groups in total. The quantitative estimate of drug-likeness (QED) is 0.814. The second-order valence-corrected chi connectivity index (χ2v) is 6.57. The number of likely N-dealkylation sites (tertiary alicyclic amines) is 1. The summed E-state index contributed by atoms with van der Waals surface area (Å²) in [5.74, 6) is 1.25. The number of hydrogen-bond acceptors (Lipinski definition) is 2. The van der Waals surface area contributed by atoms with Crippen LogP contribution in [0.15, 0.2) is 0 Å². The van der Waals surface area contributed by atoms with Crippen LogP contribution in [-0.2, 0) is 4.79 Å². The van der Waals surface area contributed by atoms with Crippen LogP contribution < -0.4 is 5.32 Å². The zero-order valence-electron chi connectivity index (χ0n) is 11.4. The predicted octanol–water partition coefficient (Wildman–Crippen LogP) is 2.17.